The number of fused-ring (bicyclic) bond motifs is 1. The first-order chi connectivity index (χ1) is 11.9. The maximum Gasteiger partial charge on any atom is 0.122 e. The molecule has 0 spiro atoms. The van der Waals surface area contributed by atoms with E-state index in [0.29, 0.717) is 0 Å². The lowest BCUT2D eigenvalue weighted by Gasteiger charge is -2.25. The van der Waals surface area contributed by atoms with Crippen molar-refractivity contribution in [1.29, 1.82) is 0 Å². The van der Waals surface area contributed by atoms with Crippen molar-refractivity contribution in [2.75, 3.05) is 26.2 Å². The largest absolute Gasteiger partial charge is 0.493 e. The van der Waals surface area contributed by atoms with Crippen molar-refractivity contribution < 1.29 is 4.74 Å². The standard InChI is InChI=1S/C20H25N3O/c1-2-17(11-21-7-1)14-23(15-18-5-8-22-12-18)13-16-3-4-20-19(10-16)6-9-24-20/h1-4,7,10-11,18,22H,5-6,8-9,12-15H2. The summed E-state index contributed by atoms with van der Waals surface area (Å²) in [5.41, 5.74) is 4.03. The van der Waals surface area contributed by atoms with Crippen LogP contribution in [0.2, 0.25) is 0 Å². The molecule has 4 nitrogen and oxygen atoms in total. The Morgan fingerprint density at radius 2 is 2.17 bits per heavy atom. The van der Waals surface area contributed by atoms with Gasteiger partial charge in [0.05, 0.1) is 6.61 Å². The predicted molar refractivity (Wildman–Crippen MR) is 95.0 cm³/mol. The van der Waals surface area contributed by atoms with Gasteiger partial charge in [0.15, 0.2) is 0 Å². The molecule has 4 heteroatoms. The van der Waals surface area contributed by atoms with E-state index in [4.69, 9.17) is 4.74 Å². The number of nitrogens with zero attached hydrogens (tertiary/aromatic N) is 2. The first-order valence-electron chi connectivity index (χ1n) is 8.93. The van der Waals surface area contributed by atoms with E-state index >= 15 is 0 Å². The van der Waals surface area contributed by atoms with Gasteiger partial charge in [-0.05, 0) is 54.3 Å². The second kappa shape index (κ2) is 7.32. The van der Waals surface area contributed by atoms with Gasteiger partial charge in [0.2, 0.25) is 0 Å². The Kier molecular flexibility index (Phi) is 4.76. The van der Waals surface area contributed by atoms with E-state index in [0.717, 1.165) is 57.4 Å². The minimum atomic E-state index is 0.749. The zero-order valence-electron chi connectivity index (χ0n) is 14.1. The lowest BCUT2D eigenvalue weighted by molar-refractivity contribution is 0.220. The fourth-order valence-corrected chi connectivity index (χ4v) is 3.77. The molecule has 4 rings (SSSR count). The third-order valence-corrected chi connectivity index (χ3v) is 4.97. The highest BCUT2D eigenvalue weighted by atomic mass is 16.5. The number of benzene rings is 1. The summed E-state index contributed by atoms with van der Waals surface area (Å²) in [5.74, 6) is 1.82. The molecule has 0 radical (unpaired) electrons. The van der Waals surface area contributed by atoms with Gasteiger partial charge < -0.3 is 10.1 Å². The lowest BCUT2D eigenvalue weighted by Crippen LogP contribution is -2.30. The normalized spacial score (nSPS) is 19.5. The first kappa shape index (κ1) is 15.6. The highest BCUT2D eigenvalue weighted by molar-refractivity contribution is 5.39. The molecule has 1 fully saturated rings. The molecule has 0 saturated carbocycles. The number of pyridine rings is 1. The molecule has 0 amide bonds. The number of aromatic nitrogens is 1. The molecule has 3 heterocycles. The quantitative estimate of drug-likeness (QED) is 0.887. The minimum absolute atomic E-state index is 0.749. The van der Waals surface area contributed by atoms with Crippen LogP contribution in [0, 0.1) is 5.92 Å². The van der Waals surface area contributed by atoms with Gasteiger partial charge in [0.25, 0.3) is 0 Å². The lowest BCUT2D eigenvalue weighted by atomic mass is 10.1. The monoisotopic (exact) mass is 323 g/mol. The van der Waals surface area contributed by atoms with Gasteiger partial charge in [0.1, 0.15) is 5.75 Å². The maximum absolute atomic E-state index is 5.63. The minimum Gasteiger partial charge on any atom is -0.493 e. The third kappa shape index (κ3) is 3.77. The maximum atomic E-state index is 5.63. The van der Waals surface area contributed by atoms with E-state index in [-0.39, 0.29) is 0 Å². The molecule has 1 N–H and O–H groups in total. The van der Waals surface area contributed by atoms with E-state index in [9.17, 15) is 0 Å². The van der Waals surface area contributed by atoms with Gasteiger partial charge in [-0.15, -0.1) is 0 Å². The molecule has 0 aliphatic carbocycles. The Morgan fingerprint density at radius 1 is 1.21 bits per heavy atom. The Balaban J connectivity index is 1.48. The summed E-state index contributed by atoms with van der Waals surface area (Å²) in [6.45, 7) is 6.20. The van der Waals surface area contributed by atoms with Crippen LogP contribution < -0.4 is 10.1 Å². The smallest absolute Gasteiger partial charge is 0.122 e. The molecule has 2 aliphatic rings. The van der Waals surface area contributed by atoms with E-state index in [1.807, 2.05) is 18.5 Å². The fourth-order valence-electron chi connectivity index (χ4n) is 3.77. The molecule has 2 aliphatic heterocycles. The van der Waals surface area contributed by atoms with Crippen molar-refractivity contribution in [3.05, 3.63) is 59.4 Å². The summed E-state index contributed by atoms with van der Waals surface area (Å²) in [4.78, 5) is 6.83. The molecule has 1 saturated heterocycles. The van der Waals surface area contributed by atoms with Crippen molar-refractivity contribution in [3.63, 3.8) is 0 Å². The van der Waals surface area contributed by atoms with Crippen LogP contribution in [0.25, 0.3) is 0 Å². The molecular weight excluding hydrogens is 298 g/mol. The Morgan fingerprint density at radius 3 is 3.00 bits per heavy atom. The zero-order chi connectivity index (χ0) is 16.2. The molecule has 0 bridgehead atoms. The fraction of sp³-hybridized carbons (Fsp3) is 0.450. The number of nitrogens with one attached hydrogen (secondary N) is 1. The van der Waals surface area contributed by atoms with Crippen LogP contribution in [0.4, 0.5) is 0 Å². The Bertz CT molecular complexity index is 668. The summed E-state index contributed by atoms with van der Waals surface area (Å²) in [7, 11) is 0. The zero-order valence-corrected chi connectivity index (χ0v) is 14.1. The average molecular weight is 323 g/mol. The summed E-state index contributed by atoms with van der Waals surface area (Å²) < 4.78 is 5.63. The van der Waals surface area contributed by atoms with Crippen LogP contribution in [-0.4, -0.2) is 36.1 Å². The second-order valence-electron chi connectivity index (χ2n) is 6.93. The second-order valence-corrected chi connectivity index (χ2v) is 6.93. The third-order valence-electron chi connectivity index (χ3n) is 4.97. The van der Waals surface area contributed by atoms with Gasteiger partial charge in [-0.3, -0.25) is 9.88 Å². The van der Waals surface area contributed by atoms with Crippen molar-refractivity contribution >= 4 is 0 Å². The van der Waals surface area contributed by atoms with Crippen LogP contribution in [-0.2, 0) is 19.5 Å². The van der Waals surface area contributed by atoms with Gasteiger partial charge in [0, 0.05) is 38.4 Å². The average Bonchev–Trinajstić information content (AvgIpc) is 3.27. The topological polar surface area (TPSA) is 37.4 Å². The van der Waals surface area contributed by atoms with Gasteiger partial charge in [-0.2, -0.15) is 0 Å². The summed E-state index contributed by atoms with van der Waals surface area (Å²) >= 11 is 0. The summed E-state index contributed by atoms with van der Waals surface area (Å²) in [6, 6.07) is 10.9. The van der Waals surface area contributed by atoms with Crippen molar-refractivity contribution in [3.8, 4) is 5.75 Å². The van der Waals surface area contributed by atoms with Crippen LogP contribution in [0.1, 0.15) is 23.1 Å². The predicted octanol–water partition coefficient (Wildman–Crippen LogP) is 2.63. The molecular formula is C20H25N3O. The molecule has 1 aromatic carbocycles. The van der Waals surface area contributed by atoms with Gasteiger partial charge in [-0.25, -0.2) is 0 Å². The molecule has 126 valence electrons. The molecule has 2 aromatic rings. The van der Waals surface area contributed by atoms with E-state index < -0.39 is 0 Å². The summed E-state index contributed by atoms with van der Waals surface area (Å²) in [6.07, 6.45) is 6.14. The van der Waals surface area contributed by atoms with E-state index in [1.165, 1.54) is 23.1 Å². The Hall–Kier alpha value is -1.91. The van der Waals surface area contributed by atoms with Crippen LogP contribution in [0.5, 0.6) is 5.75 Å². The highest BCUT2D eigenvalue weighted by Gasteiger charge is 2.19. The van der Waals surface area contributed by atoms with E-state index in [2.05, 4.69) is 39.5 Å². The van der Waals surface area contributed by atoms with E-state index in [1.54, 1.807) is 0 Å². The molecule has 24 heavy (non-hydrogen) atoms. The molecule has 1 unspecified atom stereocenters. The van der Waals surface area contributed by atoms with Gasteiger partial charge in [-0.1, -0.05) is 18.2 Å². The number of rotatable bonds is 6. The van der Waals surface area contributed by atoms with Crippen LogP contribution >= 0.6 is 0 Å². The van der Waals surface area contributed by atoms with Crippen molar-refractivity contribution in [2.45, 2.75) is 25.9 Å². The number of hydrogen-bond donors (Lipinski definition) is 1. The van der Waals surface area contributed by atoms with Crippen molar-refractivity contribution in [2.24, 2.45) is 5.92 Å². The highest BCUT2D eigenvalue weighted by Crippen LogP contribution is 2.27. The summed E-state index contributed by atoms with van der Waals surface area (Å²) in [5, 5.41) is 3.48. The van der Waals surface area contributed by atoms with Crippen LogP contribution in [0.3, 0.4) is 0 Å². The number of ether oxygens (including phenoxy) is 1. The SMILES string of the molecule is c1cncc(CN(Cc2ccc3c(c2)CCO3)CC2CCNC2)c1. The molecule has 1 atom stereocenters. The van der Waals surface area contributed by atoms with Crippen molar-refractivity contribution in [1.82, 2.24) is 15.2 Å². The number of hydrogen-bond acceptors (Lipinski definition) is 4. The Labute approximate surface area is 143 Å². The van der Waals surface area contributed by atoms with Crippen LogP contribution in [0.15, 0.2) is 42.7 Å². The first-order valence-corrected chi connectivity index (χ1v) is 8.93. The van der Waals surface area contributed by atoms with Gasteiger partial charge >= 0.3 is 0 Å². The molecule has 1 aromatic heterocycles.